The minimum atomic E-state index is -0.271. The van der Waals surface area contributed by atoms with Crippen LogP contribution in [0.5, 0.6) is 11.5 Å². The standard InChI is InChI=1S/C23H29N5O4/c1-15(24-23(29)20-6-10-32-16(20)2)22-26-25-21-5-7-27(8-9-28(21)22)14-17-11-18(30-3)13-19(12-17)31-4/h6,10-13,15H,5,7-9,14H2,1-4H3,(H,24,29)/t15-/m0/s1. The molecule has 0 bridgehead atoms. The summed E-state index contributed by atoms with van der Waals surface area (Å²) in [5, 5.41) is 11.8. The Hall–Kier alpha value is -3.33. The van der Waals surface area contributed by atoms with Gasteiger partial charge >= 0.3 is 0 Å². The van der Waals surface area contributed by atoms with Crippen LogP contribution in [0, 0.1) is 6.92 Å². The third-order valence-corrected chi connectivity index (χ3v) is 5.80. The lowest BCUT2D eigenvalue weighted by Gasteiger charge is -2.21. The molecule has 0 aliphatic carbocycles. The zero-order chi connectivity index (χ0) is 22.7. The van der Waals surface area contributed by atoms with E-state index < -0.39 is 0 Å². The lowest BCUT2D eigenvalue weighted by Crippen LogP contribution is -2.30. The molecule has 9 heteroatoms. The second-order valence-electron chi connectivity index (χ2n) is 7.96. The van der Waals surface area contributed by atoms with E-state index >= 15 is 0 Å². The summed E-state index contributed by atoms with van der Waals surface area (Å²) in [7, 11) is 3.32. The summed E-state index contributed by atoms with van der Waals surface area (Å²) in [4.78, 5) is 15.0. The second-order valence-corrected chi connectivity index (χ2v) is 7.96. The number of carbonyl (C=O) groups excluding carboxylic acids is 1. The van der Waals surface area contributed by atoms with E-state index in [-0.39, 0.29) is 11.9 Å². The molecule has 1 atom stereocenters. The third-order valence-electron chi connectivity index (χ3n) is 5.80. The molecule has 170 valence electrons. The largest absolute Gasteiger partial charge is 0.497 e. The molecule has 4 rings (SSSR count). The molecule has 0 radical (unpaired) electrons. The van der Waals surface area contributed by atoms with Crippen LogP contribution in [0.15, 0.2) is 34.9 Å². The first kappa shape index (κ1) is 21.9. The molecular weight excluding hydrogens is 410 g/mol. The predicted molar refractivity (Wildman–Crippen MR) is 118 cm³/mol. The molecule has 1 N–H and O–H groups in total. The normalized spacial score (nSPS) is 15.0. The van der Waals surface area contributed by atoms with Gasteiger partial charge < -0.3 is 23.8 Å². The summed E-state index contributed by atoms with van der Waals surface area (Å²) < 4.78 is 18.2. The molecule has 1 aliphatic rings. The fourth-order valence-corrected chi connectivity index (χ4v) is 4.04. The quantitative estimate of drug-likeness (QED) is 0.605. The van der Waals surface area contributed by atoms with Crippen LogP contribution < -0.4 is 14.8 Å². The van der Waals surface area contributed by atoms with E-state index in [2.05, 4.69) is 25.0 Å². The first-order valence-electron chi connectivity index (χ1n) is 10.7. The number of rotatable bonds is 7. The van der Waals surface area contributed by atoms with E-state index in [4.69, 9.17) is 13.9 Å². The number of aryl methyl sites for hydroxylation is 1. The van der Waals surface area contributed by atoms with E-state index in [0.29, 0.717) is 11.3 Å². The Bertz CT molecular complexity index is 1070. The van der Waals surface area contributed by atoms with Crippen molar-refractivity contribution in [3.8, 4) is 11.5 Å². The SMILES string of the molecule is COc1cc(CN2CCc3nnc([C@H](C)NC(=O)c4ccoc4C)n3CC2)cc(OC)c1. The zero-order valence-electron chi connectivity index (χ0n) is 18.9. The Labute approximate surface area is 187 Å². The summed E-state index contributed by atoms with van der Waals surface area (Å²) in [6, 6.07) is 7.35. The number of methoxy groups -OCH3 is 2. The van der Waals surface area contributed by atoms with Crippen LogP contribution in [0.3, 0.4) is 0 Å². The highest BCUT2D eigenvalue weighted by molar-refractivity contribution is 5.95. The Morgan fingerprint density at radius 1 is 1.16 bits per heavy atom. The molecule has 3 heterocycles. The van der Waals surface area contributed by atoms with Gasteiger partial charge in [-0.15, -0.1) is 10.2 Å². The Kier molecular flexibility index (Phi) is 6.45. The number of furan rings is 1. The molecule has 0 saturated carbocycles. The molecular formula is C23H29N5O4. The fraction of sp³-hybridized carbons (Fsp3) is 0.435. The number of nitrogens with one attached hydrogen (secondary N) is 1. The van der Waals surface area contributed by atoms with E-state index in [9.17, 15) is 4.79 Å². The molecule has 1 amide bonds. The third kappa shape index (κ3) is 4.62. The maximum absolute atomic E-state index is 12.6. The number of nitrogens with zero attached hydrogens (tertiary/aromatic N) is 4. The maximum atomic E-state index is 12.6. The summed E-state index contributed by atoms with van der Waals surface area (Å²) >= 11 is 0. The highest BCUT2D eigenvalue weighted by Crippen LogP contribution is 2.24. The Morgan fingerprint density at radius 3 is 2.56 bits per heavy atom. The van der Waals surface area contributed by atoms with Crippen LogP contribution in [0.25, 0.3) is 0 Å². The van der Waals surface area contributed by atoms with Gasteiger partial charge in [0.15, 0.2) is 5.82 Å². The van der Waals surface area contributed by atoms with Crippen LogP contribution in [0.2, 0.25) is 0 Å². The van der Waals surface area contributed by atoms with Gasteiger partial charge in [-0.25, -0.2) is 0 Å². The Balaban J connectivity index is 1.43. The van der Waals surface area contributed by atoms with Crippen molar-refractivity contribution in [3.63, 3.8) is 0 Å². The van der Waals surface area contributed by atoms with Gasteiger partial charge in [0.1, 0.15) is 23.1 Å². The molecule has 3 aromatic rings. The van der Waals surface area contributed by atoms with Crippen molar-refractivity contribution in [2.24, 2.45) is 0 Å². The minimum Gasteiger partial charge on any atom is -0.497 e. The lowest BCUT2D eigenvalue weighted by molar-refractivity contribution is 0.0936. The first-order chi connectivity index (χ1) is 15.5. The predicted octanol–water partition coefficient (Wildman–Crippen LogP) is 2.75. The van der Waals surface area contributed by atoms with Crippen molar-refractivity contribution in [2.45, 2.75) is 39.4 Å². The van der Waals surface area contributed by atoms with Crippen molar-refractivity contribution in [3.05, 3.63) is 59.1 Å². The van der Waals surface area contributed by atoms with Crippen LogP contribution in [-0.2, 0) is 19.5 Å². The van der Waals surface area contributed by atoms with Gasteiger partial charge in [-0.3, -0.25) is 9.69 Å². The summed E-state index contributed by atoms with van der Waals surface area (Å²) in [6.07, 6.45) is 2.31. The van der Waals surface area contributed by atoms with Gasteiger partial charge in [-0.05, 0) is 37.6 Å². The van der Waals surface area contributed by atoms with Gasteiger partial charge in [-0.1, -0.05) is 0 Å². The van der Waals surface area contributed by atoms with Gasteiger partial charge in [-0.2, -0.15) is 0 Å². The molecule has 0 saturated heterocycles. The molecule has 32 heavy (non-hydrogen) atoms. The topological polar surface area (TPSA) is 94.6 Å². The molecule has 0 spiro atoms. The molecule has 0 unspecified atom stereocenters. The van der Waals surface area contributed by atoms with Crippen LogP contribution in [0.4, 0.5) is 0 Å². The molecule has 2 aromatic heterocycles. The average molecular weight is 440 g/mol. The Morgan fingerprint density at radius 2 is 1.91 bits per heavy atom. The highest BCUT2D eigenvalue weighted by atomic mass is 16.5. The fourth-order valence-electron chi connectivity index (χ4n) is 4.04. The molecule has 0 fully saturated rings. The maximum Gasteiger partial charge on any atom is 0.255 e. The second kappa shape index (κ2) is 9.44. The number of fused-ring (bicyclic) bond motifs is 1. The highest BCUT2D eigenvalue weighted by Gasteiger charge is 2.24. The van der Waals surface area contributed by atoms with Crippen molar-refractivity contribution in [2.75, 3.05) is 27.3 Å². The van der Waals surface area contributed by atoms with Gasteiger partial charge in [0.2, 0.25) is 0 Å². The van der Waals surface area contributed by atoms with Gasteiger partial charge in [0, 0.05) is 38.7 Å². The number of benzene rings is 1. The zero-order valence-corrected chi connectivity index (χ0v) is 18.9. The van der Waals surface area contributed by atoms with Crippen molar-refractivity contribution < 1.29 is 18.7 Å². The van der Waals surface area contributed by atoms with Gasteiger partial charge in [0.25, 0.3) is 5.91 Å². The van der Waals surface area contributed by atoms with E-state index in [1.807, 2.05) is 25.1 Å². The van der Waals surface area contributed by atoms with Crippen LogP contribution in [0.1, 0.15) is 46.3 Å². The number of hydrogen-bond donors (Lipinski definition) is 1. The van der Waals surface area contributed by atoms with Gasteiger partial charge in [0.05, 0.1) is 32.1 Å². The van der Waals surface area contributed by atoms with Crippen LogP contribution in [-0.4, -0.2) is 52.9 Å². The lowest BCUT2D eigenvalue weighted by atomic mass is 10.2. The molecule has 1 aliphatic heterocycles. The summed E-state index contributed by atoms with van der Waals surface area (Å²) in [5.41, 5.74) is 1.67. The number of aromatic nitrogens is 3. The minimum absolute atomic E-state index is 0.177. The number of amides is 1. The van der Waals surface area contributed by atoms with E-state index in [0.717, 1.165) is 61.3 Å². The monoisotopic (exact) mass is 439 g/mol. The smallest absolute Gasteiger partial charge is 0.255 e. The van der Waals surface area contributed by atoms with E-state index in [1.165, 1.54) is 6.26 Å². The molecule has 9 nitrogen and oxygen atoms in total. The van der Waals surface area contributed by atoms with Crippen LogP contribution >= 0.6 is 0 Å². The van der Waals surface area contributed by atoms with Crippen molar-refractivity contribution in [1.29, 1.82) is 0 Å². The number of ether oxygens (including phenoxy) is 2. The van der Waals surface area contributed by atoms with Crippen molar-refractivity contribution >= 4 is 5.91 Å². The average Bonchev–Trinajstić information content (AvgIpc) is 3.36. The first-order valence-corrected chi connectivity index (χ1v) is 10.7. The van der Waals surface area contributed by atoms with E-state index in [1.54, 1.807) is 27.2 Å². The number of carbonyl (C=O) groups is 1. The number of hydrogen-bond acceptors (Lipinski definition) is 7. The molecule has 1 aromatic carbocycles. The summed E-state index contributed by atoms with van der Waals surface area (Å²) in [5.74, 6) is 3.69. The summed E-state index contributed by atoms with van der Waals surface area (Å²) in [6.45, 7) is 6.95. The van der Waals surface area contributed by atoms with Crippen molar-refractivity contribution in [1.82, 2.24) is 25.0 Å².